The predicted octanol–water partition coefficient (Wildman–Crippen LogP) is 0.283. The minimum Gasteiger partial charge on any atom is -0.300 e. The molecule has 0 spiro atoms. The first kappa shape index (κ1) is 22.7. The molecule has 6 heteroatoms. The Morgan fingerprint density at radius 2 is 1.57 bits per heavy atom. The molecule has 1 N–H and O–H groups in total. The standard InChI is InChI=1S/C17H28N2O2S.Na/c1-6-19(7-2)13-15(4)14(3)12-16-8-10-17(11-9-16)18-22(5,20)21;/h8-11,18H,6-7,12-13H2,1-5H3;/q;+1/b15-14-;. The summed E-state index contributed by atoms with van der Waals surface area (Å²) in [5.41, 5.74) is 4.57. The number of hydrogen-bond donors (Lipinski definition) is 1. The van der Waals surface area contributed by atoms with Gasteiger partial charge >= 0.3 is 29.6 Å². The first-order valence-electron chi connectivity index (χ1n) is 7.69. The molecule has 0 saturated heterocycles. The molecule has 0 aliphatic rings. The van der Waals surface area contributed by atoms with Crippen LogP contribution in [0.25, 0.3) is 0 Å². The van der Waals surface area contributed by atoms with Gasteiger partial charge in [0.15, 0.2) is 0 Å². The van der Waals surface area contributed by atoms with Gasteiger partial charge in [-0.3, -0.25) is 9.62 Å². The molecule has 0 amide bonds. The zero-order valence-corrected chi connectivity index (χ0v) is 18.1. The minimum atomic E-state index is -3.21. The second-order valence-electron chi connectivity index (χ2n) is 5.77. The third kappa shape index (κ3) is 8.91. The molecular formula is C17H28N2NaO2S+. The average molecular weight is 347 g/mol. The van der Waals surface area contributed by atoms with Crippen LogP contribution >= 0.6 is 0 Å². The summed E-state index contributed by atoms with van der Waals surface area (Å²) in [7, 11) is -3.21. The molecule has 1 aromatic carbocycles. The van der Waals surface area contributed by atoms with Crippen molar-refractivity contribution < 1.29 is 38.0 Å². The third-order valence-electron chi connectivity index (χ3n) is 3.81. The van der Waals surface area contributed by atoms with Gasteiger partial charge in [0.1, 0.15) is 0 Å². The molecule has 0 aliphatic carbocycles. The van der Waals surface area contributed by atoms with Crippen LogP contribution in [0.15, 0.2) is 35.4 Å². The van der Waals surface area contributed by atoms with E-state index >= 15 is 0 Å². The Balaban J connectivity index is 0.00000484. The van der Waals surface area contributed by atoms with E-state index in [0.717, 1.165) is 32.3 Å². The maximum atomic E-state index is 11.2. The number of nitrogens with zero attached hydrogens (tertiary/aromatic N) is 1. The van der Waals surface area contributed by atoms with Crippen LogP contribution in [-0.4, -0.2) is 39.2 Å². The molecule has 0 aliphatic heterocycles. The number of allylic oxidation sites excluding steroid dienone is 1. The summed E-state index contributed by atoms with van der Waals surface area (Å²) in [4.78, 5) is 2.40. The molecule has 0 fully saturated rings. The van der Waals surface area contributed by atoms with Crippen LogP contribution in [0, 0.1) is 0 Å². The Kier molecular flexibility index (Phi) is 10.4. The average Bonchev–Trinajstić information content (AvgIpc) is 2.45. The van der Waals surface area contributed by atoms with Crippen LogP contribution < -0.4 is 34.3 Å². The summed E-state index contributed by atoms with van der Waals surface area (Å²) in [6, 6.07) is 7.57. The van der Waals surface area contributed by atoms with Crippen molar-refractivity contribution in [1.82, 2.24) is 4.90 Å². The van der Waals surface area contributed by atoms with Crippen molar-refractivity contribution in [3.8, 4) is 0 Å². The third-order valence-corrected chi connectivity index (χ3v) is 4.42. The zero-order valence-electron chi connectivity index (χ0n) is 15.3. The van der Waals surface area contributed by atoms with Gasteiger partial charge in [-0.15, -0.1) is 0 Å². The van der Waals surface area contributed by atoms with Gasteiger partial charge in [0.2, 0.25) is 10.0 Å². The van der Waals surface area contributed by atoms with E-state index in [1.807, 2.05) is 24.3 Å². The fourth-order valence-corrected chi connectivity index (χ4v) is 2.84. The second kappa shape index (κ2) is 10.5. The van der Waals surface area contributed by atoms with Crippen molar-refractivity contribution in [2.75, 3.05) is 30.6 Å². The van der Waals surface area contributed by atoms with E-state index in [9.17, 15) is 8.42 Å². The van der Waals surface area contributed by atoms with Gasteiger partial charge in [-0.05, 0) is 51.1 Å². The number of hydrogen-bond acceptors (Lipinski definition) is 3. The zero-order chi connectivity index (χ0) is 16.8. The van der Waals surface area contributed by atoms with E-state index in [1.54, 1.807) is 0 Å². The van der Waals surface area contributed by atoms with Crippen LogP contribution in [0.3, 0.4) is 0 Å². The fourth-order valence-electron chi connectivity index (χ4n) is 2.28. The van der Waals surface area contributed by atoms with Gasteiger partial charge in [-0.2, -0.15) is 0 Å². The fraction of sp³-hybridized carbons (Fsp3) is 0.529. The van der Waals surface area contributed by atoms with Gasteiger partial charge in [-0.25, -0.2) is 8.42 Å². The minimum absolute atomic E-state index is 0. The molecule has 1 rings (SSSR count). The van der Waals surface area contributed by atoms with E-state index in [4.69, 9.17) is 0 Å². The first-order valence-corrected chi connectivity index (χ1v) is 9.58. The van der Waals surface area contributed by atoms with Crippen molar-refractivity contribution in [3.05, 3.63) is 41.0 Å². The first-order chi connectivity index (χ1) is 10.2. The SMILES string of the molecule is CCN(CC)C/C(C)=C(/C)Cc1ccc(NS(C)(=O)=O)cc1.[Na+]. The van der Waals surface area contributed by atoms with Gasteiger partial charge in [0.25, 0.3) is 0 Å². The largest absolute Gasteiger partial charge is 1.00 e. The molecule has 0 bridgehead atoms. The van der Waals surface area contributed by atoms with Crippen LogP contribution in [-0.2, 0) is 16.4 Å². The van der Waals surface area contributed by atoms with Crippen molar-refractivity contribution in [1.29, 1.82) is 0 Å². The van der Waals surface area contributed by atoms with E-state index in [-0.39, 0.29) is 29.6 Å². The summed E-state index contributed by atoms with van der Waals surface area (Å²) < 4.78 is 24.9. The summed E-state index contributed by atoms with van der Waals surface area (Å²) in [5, 5.41) is 0. The maximum Gasteiger partial charge on any atom is 1.00 e. The Morgan fingerprint density at radius 1 is 1.04 bits per heavy atom. The quantitative estimate of drug-likeness (QED) is 0.543. The number of likely N-dealkylation sites (N-methyl/N-ethyl adjacent to an activating group) is 1. The topological polar surface area (TPSA) is 49.4 Å². The molecule has 0 aromatic heterocycles. The van der Waals surface area contributed by atoms with Crippen LogP contribution in [0.1, 0.15) is 33.3 Å². The van der Waals surface area contributed by atoms with Gasteiger partial charge in [0, 0.05) is 12.2 Å². The van der Waals surface area contributed by atoms with Crippen molar-refractivity contribution in [3.63, 3.8) is 0 Å². The molecule has 0 radical (unpaired) electrons. The molecule has 124 valence electrons. The Labute approximate surface area is 163 Å². The molecule has 23 heavy (non-hydrogen) atoms. The van der Waals surface area contributed by atoms with E-state index < -0.39 is 10.0 Å². The number of benzene rings is 1. The number of anilines is 1. The van der Waals surface area contributed by atoms with E-state index in [2.05, 4.69) is 37.3 Å². The Bertz CT molecular complexity index is 606. The van der Waals surface area contributed by atoms with Gasteiger partial charge in [0.05, 0.1) is 6.26 Å². The summed E-state index contributed by atoms with van der Waals surface area (Å²) in [5.74, 6) is 0. The Hall–Kier alpha value is -0.330. The normalized spacial score (nSPS) is 12.6. The van der Waals surface area contributed by atoms with Gasteiger partial charge < -0.3 is 0 Å². The van der Waals surface area contributed by atoms with E-state index in [1.165, 1.54) is 16.7 Å². The summed E-state index contributed by atoms with van der Waals surface area (Å²) in [6.07, 6.45) is 2.05. The van der Waals surface area contributed by atoms with Crippen molar-refractivity contribution >= 4 is 15.7 Å². The second-order valence-corrected chi connectivity index (χ2v) is 7.52. The van der Waals surface area contributed by atoms with Crippen LogP contribution in [0.2, 0.25) is 0 Å². The number of sulfonamides is 1. The van der Waals surface area contributed by atoms with Crippen molar-refractivity contribution in [2.24, 2.45) is 0 Å². The van der Waals surface area contributed by atoms with Crippen molar-refractivity contribution in [2.45, 2.75) is 34.1 Å². The molecule has 1 aromatic rings. The molecule has 0 atom stereocenters. The molecule has 0 unspecified atom stereocenters. The Morgan fingerprint density at radius 3 is 2.00 bits per heavy atom. The summed E-state index contributed by atoms with van der Waals surface area (Å²) in [6.45, 7) is 11.8. The molecule has 4 nitrogen and oxygen atoms in total. The van der Waals surface area contributed by atoms with E-state index in [0.29, 0.717) is 5.69 Å². The van der Waals surface area contributed by atoms with Crippen LogP contribution in [0.5, 0.6) is 0 Å². The molecular weight excluding hydrogens is 319 g/mol. The molecule has 0 saturated carbocycles. The monoisotopic (exact) mass is 347 g/mol. The smallest absolute Gasteiger partial charge is 0.300 e. The van der Waals surface area contributed by atoms with Crippen LogP contribution in [0.4, 0.5) is 5.69 Å². The molecule has 0 heterocycles. The maximum absolute atomic E-state index is 11.2. The number of nitrogens with one attached hydrogen (secondary N) is 1. The number of rotatable bonds is 8. The van der Waals surface area contributed by atoms with Gasteiger partial charge in [-0.1, -0.05) is 37.1 Å². The summed E-state index contributed by atoms with van der Waals surface area (Å²) >= 11 is 0. The predicted molar refractivity (Wildman–Crippen MR) is 94.8 cm³/mol.